The van der Waals surface area contributed by atoms with E-state index in [-0.39, 0.29) is 23.2 Å². The number of anilines is 1. The largest absolute Gasteiger partial charge is 0.498 e. The highest BCUT2D eigenvalue weighted by Gasteiger charge is 2.53. The summed E-state index contributed by atoms with van der Waals surface area (Å²) in [6, 6.07) is -0.257. The van der Waals surface area contributed by atoms with Crippen LogP contribution >= 0.6 is 9.24 Å². The molecule has 2 radical (unpaired) electrons. The van der Waals surface area contributed by atoms with Gasteiger partial charge in [-0.05, 0) is 39.7 Å². The second-order valence-corrected chi connectivity index (χ2v) is 12.3. The normalized spacial score (nSPS) is 22.3. The summed E-state index contributed by atoms with van der Waals surface area (Å²) in [6.07, 6.45) is 13.0. The van der Waals surface area contributed by atoms with Gasteiger partial charge in [0.25, 0.3) is 5.91 Å². The number of terminal acetylenes is 1. The molecule has 1 amide bonds. The molecular formula is C24H33B2N6O3P. The summed E-state index contributed by atoms with van der Waals surface area (Å²) in [5, 5.41) is 6.83. The van der Waals surface area contributed by atoms with Crippen LogP contribution in [-0.4, -0.2) is 76.0 Å². The van der Waals surface area contributed by atoms with E-state index in [4.69, 9.17) is 23.6 Å². The monoisotopic (exact) mass is 506 g/mol. The molecule has 12 heteroatoms. The van der Waals surface area contributed by atoms with Gasteiger partial charge >= 0.3 is 7.12 Å². The van der Waals surface area contributed by atoms with Crippen molar-refractivity contribution in [2.24, 2.45) is 0 Å². The SMILES string of the molecule is [B]C(C)(P)C(C)NC(=O)c1cnc(N2CC(CC#C)(n3cc(B4OC(C)(C)C(C)(C)O4)cn3)C2)cn1. The van der Waals surface area contributed by atoms with Crippen molar-refractivity contribution in [1.82, 2.24) is 25.1 Å². The molecule has 2 aromatic heterocycles. The lowest BCUT2D eigenvalue weighted by atomic mass is 9.81. The molecule has 36 heavy (non-hydrogen) atoms. The van der Waals surface area contributed by atoms with Crippen molar-refractivity contribution >= 4 is 41.4 Å². The van der Waals surface area contributed by atoms with Gasteiger partial charge in [-0.1, -0.05) is 6.92 Å². The molecule has 2 fully saturated rings. The predicted octanol–water partition coefficient (Wildman–Crippen LogP) is 1.09. The maximum atomic E-state index is 12.5. The van der Waals surface area contributed by atoms with Crippen LogP contribution in [0.5, 0.6) is 0 Å². The standard InChI is InChI=1S/C24H33B2N6O3P/c1-8-9-24(32-13-17(10-29-32)26-34-21(3,4)22(5,6)35-26)14-31(15-24)19-12-27-18(11-28-19)20(33)30-16(2)23(7,25)36/h1,10-13,16H,9,14-15,36H2,2-7H3,(H,30,33). The molecule has 2 aliphatic rings. The van der Waals surface area contributed by atoms with Gasteiger partial charge in [0.05, 0.1) is 31.4 Å². The first kappa shape index (κ1) is 26.7. The van der Waals surface area contributed by atoms with Gasteiger partial charge in [-0.3, -0.25) is 9.48 Å². The molecule has 3 atom stereocenters. The maximum Gasteiger partial charge on any atom is 0.498 e. The number of carbonyl (C=O) groups is 1. The molecule has 0 aromatic carbocycles. The molecule has 1 N–H and O–H groups in total. The zero-order valence-electron chi connectivity index (χ0n) is 21.8. The molecule has 0 aliphatic carbocycles. The molecule has 2 aliphatic heterocycles. The van der Waals surface area contributed by atoms with Gasteiger partial charge in [-0.2, -0.15) is 5.10 Å². The summed E-state index contributed by atoms with van der Waals surface area (Å²) < 4.78 is 14.2. The van der Waals surface area contributed by atoms with Crippen molar-refractivity contribution in [3.8, 4) is 12.3 Å². The Bertz CT molecular complexity index is 1150. The summed E-state index contributed by atoms with van der Waals surface area (Å²) in [6.45, 7) is 13.0. The van der Waals surface area contributed by atoms with Crippen LogP contribution in [0.15, 0.2) is 24.8 Å². The number of aromatic nitrogens is 4. The third kappa shape index (κ3) is 4.91. The highest BCUT2D eigenvalue weighted by atomic mass is 31.0. The van der Waals surface area contributed by atoms with Gasteiger partial charge in [0.1, 0.15) is 17.1 Å². The Morgan fingerprint density at radius 3 is 2.44 bits per heavy atom. The fraction of sp³-hybridized carbons (Fsp3) is 0.583. The van der Waals surface area contributed by atoms with E-state index in [1.54, 1.807) is 12.4 Å². The molecule has 0 bridgehead atoms. The lowest BCUT2D eigenvalue weighted by Gasteiger charge is -2.49. The van der Waals surface area contributed by atoms with E-state index in [9.17, 15) is 4.79 Å². The summed E-state index contributed by atoms with van der Waals surface area (Å²) >= 11 is 0. The van der Waals surface area contributed by atoms with E-state index < -0.39 is 23.4 Å². The van der Waals surface area contributed by atoms with Crippen LogP contribution in [0.3, 0.4) is 0 Å². The van der Waals surface area contributed by atoms with E-state index in [0.29, 0.717) is 25.3 Å². The molecule has 2 aromatic rings. The average Bonchev–Trinajstić information content (AvgIpc) is 3.32. The minimum atomic E-state index is -0.629. The third-order valence-electron chi connectivity index (χ3n) is 7.49. The lowest BCUT2D eigenvalue weighted by molar-refractivity contribution is 0.00578. The van der Waals surface area contributed by atoms with Gasteiger partial charge in [-0.15, -0.1) is 21.6 Å². The van der Waals surface area contributed by atoms with Crippen molar-refractivity contribution in [2.45, 2.75) is 75.8 Å². The first-order valence-electron chi connectivity index (χ1n) is 12.0. The molecule has 4 rings (SSSR count). The van der Waals surface area contributed by atoms with Crippen LogP contribution in [-0.2, 0) is 14.8 Å². The predicted molar refractivity (Wildman–Crippen MR) is 144 cm³/mol. The van der Waals surface area contributed by atoms with Crippen molar-refractivity contribution < 1.29 is 14.1 Å². The Morgan fingerprint density at radius 1 is 1.28 bits per heavy atom. The number of rotatable bonds is 7. The fourth-order valence-corrected chi connectivity index (χ4v) is 4.16. The number of hydrogen-bond acceptors (Lipinski definition) is 7. The van der Waals surface area contributed by atoms with Gasteiger partial charge in [0, 0.05) is 43.4 Å². The van der Waals surface area contributed by atoms with Gasteiger partial charge in [0.15, 0.2) is 0 Å². The average molecular weight is 506 g/mol. The Morgan fingerprint density at radius 2 is 1.92 bits per heavy atom. The van der Waals surface area contributed by atoms with Crippen LogP contribution in [0.4, 0.5) is 5.82 Å². The quantitative estimate of drug-likeness (QED) is 0.342. The Hall–Kier alpha value is -2.40. The highest BCUT2D eigenvalue weighted by Crippen LogP contribution is 2.37. The smallest absolute Gasteiger partial charge is 0.399 e. The van der Waals surface area contributed by atoms with E-state index in [1.807, 2.05) is 52.4 Å². The molecule has 9 nitrogen and oxygen atoms in total. The summed E-state index contributed by atoms with van der Waals surface area (Å²) in [5.41, 5.74) is -0.152. The van der Waals surface area contributed by atoms with Crippen LogP contribution in [0.25, 0.3) is 0 Å². The number of nitrogens with zero attached hydrogens (tertiary/aromatic N) is 5. The first-order chi connectivity index (χ1) is 16.7. The maximum absolute atomic E-state index is 12.5. The van der Waals surface area contributed by atoms with Gasteiger partial charge < -0.3 is 19.5 Å². The second-order valence-electron chi connectivity index (χ2n) is 11.1. The Balaban J connectivity index is 1.44. The van der Waals surface area contributed by atoms with E-state index >= 15 is 0 Å². The fourth-order valence-electron chi connectivity index (χ4n) is 4.08. The van der Waals surface area contributed by atoms with Crippen LogP contribution in [0.2, 0.25) is 0 Å². The second kappa shape index (κ2) is 9.16. The molecular weight excluding hydrogens is 473 g/mol. The molecule has 2 saturated heterocycles. The zero-order chi connectivity index (χ0) is 26.5. The highest BCUT2D eigenvalue weighted by molar-refractivity contribution is 7.22. The number of nitrogens with one attached hydrogen (secondary N) is 1. The lowest BCUT2D eigenvalue weighted by Crippen LogP contribution is -2.63. The minimum Gasteiger partial charge on any atom is -0.399 e. The Labute approximate surface area is 217 Å². The summed E-state index contributed by atoms with van der Waals surface area (Å²) in [4.78, 5) is 23.3. The first-order valence-corrected chi connectivity index (χ1v) is 12.5. The van der Waals surface area contributed by atoms with Crippen molar-refractivity contribution in [3.63, 3.8) is 0 Å². The number of hydrogen-bond donors (Lipinski definition) is 1. The molecule has 3 unspecified atom stereocenters. The van der Waals surface area contributed by atoms with E-state index in [1.165, 1.54) is 6.20 Å². The summed E-state index contributed by atoms with van der Waals surface area (Å²) in [7, 11) is 8.06. The molecule has 0 spiro atoms. The molecule has 0 saturated carbocycles. The van der Waals surface area contributed by atoms with Crippen molar-refractivity contribution in [1.29, 1.82) is 0 Å². The van der Waals surface area contributed by atoms with Gasteiger partial charge in [-0.25, -0.2) is 9.97 Å². The van der Waals surface area contributed by atoms with E-state index in [2.05, 4.69) is 40.4 Å². The molecule has 4 heterocycles. The minimum absolute atomic E-state index is 0.231. The van der Waals surface area contributed by atoms with Crippen molar-refractivity contribution in [2.75, 3.05) is 18.0 Å². The van der Waals surface area contributed by atoms with Crippen LogP contribution in [0.1, 0.15) is 58.5 Å². The number of amides is 1. The zero-order valence-corrected chi connectivity index (χ0v) is 22.9. The van der Waals surface area contributed by atoms with Crippen LogP contribution < -0.4 is 15.7 Å². The summed E-state index contributed by atoms with van der Waals surface area (Å²) in [5.74, 6) is 3.13. The van der Waals surface area contributed by atoms with E-state index in [0.717, 1.165) is 5.46 Å². The topological polar surface area (TPSA) is 94.4 Å². The number of carbonyl (C=O) groups excluding carboxylic acids is 1. The van der Waals surface area contributed by atoms with Gasteiger partial charge in [0.2, 0.25) is 0 Å². The third-order valence-corrected chi connectivity index (χ3v) is 7.99. The van der Waals surface area contributed by atoms with Crippen molar-refractivity contribution in [3.05, 3.63) is 30.5 Å². The van der Waals surface area contributed by atoms with Crippen LogP contribution in [0, 0.1) is 12.3 Å². The molecule has 188 valence electrons. The Kier molecular flexibility index (Phi) is 6.79.